The molecule has 0 aromatic heterocycles. The van der Waals surface area contributed by atoms with Gasteiger partial charge < -0.3 is 24.4 Å². The molecule has 0 fully saturated rings. The van der Waals surface area contributed by atoms with Crippen molar-refractivity contribution in [1.82, 2.24) is 0 Å². The minimum absolute atomic E-state index is 0.0388. The summed E-state index contributed by atoms with van der Waals surface area (Å²) in [5, 5.41) is 2.85. The van der Waals surface area contributed by atoms with Crippen LogP contribution in [0.3, 0.4) is 0 Å². The highest BCUT2D eigenvalue weighted by atomic mass is 16.5. The third-order valence-corrected chi connectivity index (χ3v) is 6.05. The van der Waals surface area contributed by atoms with E-state index in [0.717, 1.165) is 22.6 Å². The highest BCUT2D eigenvalue weighted by molar-refractivity contribution is 6.03. The number of nitrogens with one attached hydrogen (secondary N) is 1. The lowest BCUT2D eigenvalue weighted by atomic mass is 10.2. The van der Waals surface area contributed by atoms with E-state index in [9.17, 15) is 9.59 Å². The second-order valence-electron chi connectivity index (χ2n) is 8.84. The van der Waals surface area contributed by atoms with Crippen LogP contribution in [0, 0.1) is 0 Å². The van der Waals surface area contributed by atoms with Gasteiger partial charge in [-0.15, -0.1) is 0 Å². The van der Waals surface area contributed by atoms with E-state index < -0.39 is 0 Å². The average molecular weight is 521 g/mol. The van der Waals surface area contributed by atoms with Gasteiger partial charge in [0.2, 0.25) is 5.91 Å². The Labute approximate surface area is 227 Å². The van der Waals surface area contributed by atoms with Crippen LogP contribution in [0.15, 0.2) is 109 Å². The first-order valence-corrected chi connectivity index (χ1v) is 12.6. The molecule has 1 aliphatic heterocycles. The van der Waals surface area contributed by atoms with E-state index in [4.69, 9.17) is 14.2 Å². The highest BCUT2D eigenvalue weighted by Crippen LogP contribution is 2.34. The van der Waals surface area contributed by atoms with E-state index in [2.05, 4.69) is 5.32 Å². The Morgan fingerprint density at radius 3 is 2.36 bits per heavy atom. The van der Waals surface area contributed by atoms with E-state index in [1.165, 1.54) is 6.08 Å². The molecule has 2 amide bonds. The average Bonchev–Trinajstić information content (AvgIpc) is 2.98. The number of hydrogen-bond acceptors (Lipinski definition) is 5. The third-order valence-electron chi connectivity index (χ3n) is 6.05. The van der Waals surface area contributed by atoms with Gasteiger partial charge >= 0.3 is 0 Å². The molecule has 4 aromatic carbocycles. The zero-order valence-corrected chi connectivity index (χ0v) is 21.3. The van der Waals surface area contributed by atoms with Crippen LogP contribution in [0.5, 0.6) is 17.2 Å². The first-order chi connectivity index (χ1) is 19.1. The number of hydrogen-bond donors (Lipinski definition) is 1. The number of nitrogens with zero attached hydrogens (tertiary/aromatic N) is 1. The SMILES string of the molecule is O=C(/C=C/c1ccc(OCc2ccccc2)cc1)Nc1ccc2c(c1)N(CCOc1ccccc1)C(=O)CO2. The first kappa shape index (κ1) is 25.6. The van der Waals surface area contributed by atoms with Crippen molar-refractivity contribution >= 4 is 29.3 Å². The number of para-hydroxylation sites is 1. The minimum Gasteiger partial charge on any atom is -0.492 e. The molecule has 0 radical (unpaired) electrons. The van der Waals surface area contributed by atoms with Gasteiger partial charge in [-0.05, 0) is 59.7 Å². The zero-order valence-electron chi connectivity index (χ0n) is 21.3. The second-order valence-corrected chi connectivity index (χ2v) is 8.84. The topological polar surface area (TPSA) is 77.1 Å². The van der Waals surface area contributed by atoms with E-state index in [1.807, 2.05) is 84.9 Å². The number of fused-ring (bicyclic) bond motifs is 1. The van der Waals surface area contributed by atoms with Crippen LogP contribution in [0.1, 0.15) is 11.1 Å². The lowest BCUT2D eigenvalue weighted by Crippen LogP contribution is -2.41. The Morgan fingerprint density at radius 2 is 1.59 bits per heavy atom. The van der Waals surface area contributed by atoms with Crippen molar-refractivity contribution in [3.8, 4) is 17.2 Å². The lowest BCUT2D eigenvalue weighted by Gasteiger charge is -2.29. The van der Waals surface area contributed by atoms with Gasteiger partial charge in [0.15, 0.2) is 6.61 Å². The molecule has 196 valence electrons. The largest absolute Gasteiger partial charge is 0.492 e. The van der Waals surface area contributed by atoms with Crippen LogP contribution in [0.4, 0.5) is 11.4 Å². The fraction of sp³-hybridized carbons (Fsp3) is 0.125. The molecule has 0 saturated heterocycles. The van der Waals surface area contributed by atoms with Gasteiger partial charge in [0.05, 0.1) is 12.2 Å². The van der Waals surface area contributed by atoms with Crippen molar-refractivity contribution in [3.63, 3.8) is 0 Å². The van der Waals surface area contributed by atoms with Gasteiger partial charge in [-0.1, -0.05) is 60.7 Å². The van der Waals surface area contributed by atoms with Gasteiger partial charge in [0.25, 0.3) is 5.91 Å². The summed E-state index contributed by atoms with van der Waals surface area (Å²) < 4.78 is 17.2. The van der Waals surface area contributed by atoms with E-state index >= 15 is 0 Å². The fourth-order valence-electron chi connectivity index (χ4n) is 4.07. The molecule has 0 spiro atoms. The molecule has 1 heterocycles. The molecule has 1 aliphatic rings. The minimum atomic E-state index is -0.290. The van der Waals surface area contributed by atoms with Gasteiger partial charge in [0, 0.05) is 11.8 Å². The van der Waals surface area contributed by atoms with Crippen LogP contribution >= 0.6 is 0 Å². The Bertz CT molecular complexity index is 1440. The molecule has 7 nitrogen and oxygen atoms in total. The third kappa shape index (κ3) is 7.05. The predicted molar refractivity (Wildman–Crippen MR) is 151 cm³/mol. The fourth-order valence-corrected chi connectivity index (χ4v) is 4.07. The van der Waals surface area contributed by atoms with Gasteiger partial charge in [-0.25, -0.2) is 0 Å². The summed E-state index contributed by atoms with van der Waals surface area (Å²) in [7, 11) is 0. The van der Waals surface area contributed by atoms with Crippen molar-refractivity contribution in [2.75, 3.05) is 30.0 Å². The molecule has 0 unspecified atom stereocenters. The summed E-state index contributed by atoms with van der Waals surface area (Å²) in [6.07, 6.45) is 3.20. The first-order valence-electron chi connectivity index (χ1n) is 12.6. The van der Waals surface area contributed by atoms with Crippen LogP contribution < -0.4 is 24.4 Å². The second kappa shape index (κ2) is 12.5. The lowest BCUT2D eigenvalue weighted by molar-refractivity contribution is -0.121. The smallest absolute Gasteiger partial charge is 0.265 e. The molecular weight excluding hydrogens is 492 g/mol. The maximum absolute atomic E-state index is 12.6. The van der Waals surface area contributed by atoms with Crippen LogP contribution in [0.25, 0.3) is 6.08 Å². The molecule has 0 atom stereocenters. The summed E-state index contributed by atoms with van der Waals surface area (Å²) >= 11 is 0. The predicted octanol–water partition coefficient (Wildman–Crippen LogP) is 5.72. The number of anilines is 2. The standard InChI is InChI=1S/C32H28N2O5/c35-31(18-13-24-11-15-28(16-12-24)38-22-25-7-3-1-4-8-25)33-26-14-17-30-29(21-26)34(32(36)23-39-30)19-20-37-27-9-5-2-6-10-27/h1-18,21H,19-20,22-23H2,(H,33,35)/b18-13+. The summed E-state index contributed by atoms with van der Waals surface area (Å²) in [5.74, 6) is 1.61. The quantitative estimate of drug-likeness (QED) is 0.271. The normalized spacial score (nSPS) is 12.5. The van der Waals surface area contributed by atoms with Gasteiger partial charge in [0.1, 0.15) is 30.5 Å². The number of ether oxygens (including phenoxy) is 3. The summed E-state index contributed by atoms with van der Waals surface area (Å²) in [6.45, 7) is 1.13. The monoisotopic (exact) mass is 520 g/mol. The Hall–Kier alpha value is -5.04. The maximum atomic E-state index is 12.6. The number of amides is 2. The Balaban J connectivity index is 1.17. The Morgan fingerprint density at radius 1 is 0.872 bits per heavy atom. The zero-order chi connectivity index (χ0) is 26.9. The van der Waals surface area contributed by atoms with Crippen molar-refractivity contribution in [2.24, 2.45) is 0 Å². The van der Waals surface area contributed by atoms with E-state index in [1.54, 1.807) is 29.2 Å². The van der Waals surface area contributed by atoms with Gasteiger partial charge in [-0.2, -0.15) is 0 Å². The summed E-state index contributed by atoms with van der Waals surface area (Å²) in [6, 6.07) is 32.2. The molecule has 0 bridgehead atoms. The van der Waals surface area contributed by atoms with Crippen molar-refractivity contribution in [2.45, 2.75) is 6.61 Å². The molecule has 7 heteroatoms. The number of rotatable bonds is 10. The number of benzene rings is 4. The molecular formula is C32H28N2O5. The highest BCUT2D eigenvalue weighted by Gasteiger charge is 2.26. The van der Waals surface area contributed by atoms with Crippen LogP contribution in [-0.2, 0) is 16.2 Å². The van der Waals surface area contributed by atoms with Crippen LogP contribution in [0.2, 0.25) is 0 Å². The van der Waals surface area contributed by atoms with E-state index in [0.29, 0.717) is 36.9 Å². The number of carbonyl (C=O) groups is 2. The van der Waals surface area contributed by atoms with Crippen molar-refractivity contribution in [1.29, 1.82) is 0 Å². The summed E-state index contributed by atoms with van der Waals surface area (Å²) in [4.78, 5) is 26.8. The molecule has 39 heavy (non-hydrogen) atoms. The molecule has 0 aliphatic carbocycles. The van der Waals surface area contributed by atoms with E-state index in [-0.39, 0.29) is 18.4 Å². The van der Waals surface area contributed by atoms with Crippen LogP contribution in [-0.4, -0.2) is 31.6 Å². The van der Waals surface area contributed by atoms with Crippen molar-refractivity contribution < 1.29 is 23.8 Å². The Kier molecular flexibility index (Phi) is 8.19. The molecule has 5 rings (SSSR count). The maximum Gasteiger partial charge on any atom is 0.265 e. The molecule has 4 aromatic rings. The van der Waals surface area contributed by atoms with Gasteiger partial charge in [-0.3, -0.25) is 9.59 Å². The summed E-state index contributed by atoms with van der Waals surface area (Å²) in [5.41, 5.74) is 3.11. The molecule has 0 saturated carbocycles. The number of carbonyl (C=O) groups excluding carboxylic acids is 2. The van der Waals surface area contributed by atoms with Crippen molar-refractivity contribution in [3.05, 3.63) is 120 Å². The molecule has 1 N–H and O–H groups in total.